The molecule has 0 aromatic carbocycles. The monoisotopic (exact) mass is 210 g/mol. The third-order valence-corrected chi connectivity index (χ3v) is 2.27. The maximum absolute atomic E-state index is 5.69. The first-order valence-electron chi connectivity index (χ1n) is 4.09. The van der Waals surface area contributed by atoms with Crippen LogP contribution < -0.4 is 5.84 Å². The number of rotatable bonds is 1. The molecule has 0 aliphatic carbocycles. The molecule has 3 N–H and O–H groups in total. The summed E-state index contributed by atoms with van der Waals surface area (Å²) in [6, 6.07) is 1.88. The van der Waals surface area contributed by atoms with Gasteiger partial charge in [0.2, 0.25) is 4.77 Å². The van der Waals surface area contributed by atoms with Crippen LogP contribution in [0.4, 0.5) is 0 Å². The molecule has 74 valence electrons. The smallest absolute Gasteiger partial charge is 0.214 e. The number of nitrogens with one attached hydrogen (secondary N) is 1. The van der Waals surface area contributed by atoms with Crippen molar-refractivity contribution in [2.45, 2.75) is 13.8 Å². The largest absolute Gasteiger partial charge is 0.466 e. The Kier molecular flexibility index (Phi) is 1.92. The molecule has 14 heavy (non-hydrogen) atoms. The normalized spacial score (nSPS) is 10.7. The van der Waals surface area contributed by atoms with Crippen molar-refractivity contribution in [3.8, 4) is 11.4 Å². The molecule has 0 atom stereocenters. The lowest BCUT2D eigenvalue weighted by molar-refractivity contribution is 0.505. The molecule has 5 nitrogen and oxygen atoms in total. The van der Waals surface area contributed by atoms with E-state index in [1.807, 2.05) is 19.9 Å². The maximum atomic E-state index is 5.69. The van der Waals surface area contributed by atoms with Gasteiger partial charge in [-0.15, -0.1) is 0 Å². The van der Waals surface area contributed by atoms with E-state index in [9.17, 15) is 0 Å². The minimum Gasteiger partial charge on any atom is -0.466 e. The van der Waals surface area contributed by atoms with Crippen molar-refractivity contribution >= 4 is 12.2 Å². The van der Waals surface area contributed by atoms with Crippen molar-refractivity contribution in [3.05, 3.63) is 22.4 Å². The van der Waals surface area contributed by atoms with Crippen LogP contribution in [0.3, 0.4) is 0 Å². The molecule has 0 fully saturated rings. The van der Waals surface area contributed by atoms with Crippen LogP contribution in [0.15, 0.2) is 10.5 Å². The number of nitrogens with two attached hydrogens (primary N) is 1. The van der Waals surface area contributed by atoms with Gasteiger partial charge in [0.25, 0.3) is 0 Å². The molecule has 0 aliphatic rings. The van der Waals surface area contributed by atoms with Crippen molar-refractivity contribution in [2.75, 3.05) is 5.84 Å². The van der Waals surface area contributed by atoms with Gasteiger partial charge in [-0.1, -0.05) is 0 Å². The van der Waals surface area contributed by atoms with E-state index in [1.165, 1.54) is 4.68 Å². The first-order valence-corrected chi connectivity index (χ1v) is 4.50. The Labute approximate surface area is 85.5 Å². The quantitative estimate of drug-likeness (QED) is 0.553. The molecule has 0 bridgehead atoms. The first-order chi connectivity index (χ1) is 6.59. The number of nitrogens with zero attached hydrogens (tertiary/aromatic N) is 2. The molecule has 2 rings (SSSR count). The second kappa shape index (κ2) is 2.98. The standard InChI is InChI=1S/C8H10N4OS/c1-4-3-6(5(2)13-4)7-10-11-8(14)12(7)9/h3H,9H2,1-2H3,(H,11,14). The van der Waals surface area contributed by atoms with Crippen molar-refractivity contribution in [2.24, 2.45) is 0 Å². The predicted molar refractivity (Wildman–Crippen MR) is 54.7 cm³/mol. The van der Waals surface area contributed by atoms with E-state index in [0.29, 0.717) is 10.6 Å². The Morgan fingerprint density at radius 1 is 1.57 bits per heavy atom. The van der Waals surface area contributed by atoms with Crippen LogP contribution in [0, 0.1) is 18.6 Å². The van der Waals surface area contributed by atoms with Crippen LogP contribution in [0.25, 0.3) is 11.4 Å². The van der Waals surface area contributed by atoms with E-state index < -0.39 is 0 Å². The lowest BCUT2D eigenvalue weighted by atomic mass is 10.2. The van der Waals surface area contributed by atoms with Crippen molar-refractivity contribution in [3.63, 3.8) is 0 Å². The van der Waals surface area contributed by atoms with Crippen LogP contribution >= 0.6 is 12.2 Å². The summed E-state index contributed by atoms with van der Waals surface area (Å²) in [6.45, 7) is 3.73. The lowest BCUT2D eigenvalue weighted by Crippen LogP contribution is -2.09. The number of H-pyrrole nitrogens is 1. The predicted octanol–water partition coefficient (Wildman–Crippen LogP) is 1.53. The number of furan rings is 1. The summed E-state index contributed by atoms with van der Waals surface area (Å²) in [5.74, 6) is 7.88. The van der Waals surface area contributed by atoms with Gasteiger partial charge in [0.15, 0.2) is 5.82 Å². The number of aromatic amines is 1. The molecule has 0 aliphatic heterocycles. The van der Waals surface area contributed by atoms with Gasteiger partial charge < -0.3 is 10.3 Å². The maximum Gasteiger partial charge on any atom is 0.214 e. The van der Waals surface area contributed by atoms with E-state index in [-0.39, 0.29) is 0 Å². The summed E-state index contributed by atoms with van der Waals surface area (Å²) in [5, 5.41) is 6.64. The Hall–Kier alpha value is -1.56. The second-order valence-electron chi connectivity index (χ2n) is 3.05. The SMILES string of the molecule is Cc1cc(-c2n[nH]c(=S)n2N)c(C)o1. The van der Waals surface area contributed by atoms with Gasteiger partial charge >= 0.3 is 0 Å². The minimum absolute atomic E-state index is 0.387. The fourth-order valence-corrected chi connectivity index (χ4v) is 1.48. The molecule has 2 aromatic heterocycles. The number of hydrogen-bond donors (Lipinski definition) is 2. The number of nitrogen functional groups attached to an aromatic ring is 1. The lowest BCUT2D eigenvalue weighted by Gasteiger charge is -1.96. The summed E-state index contributed by atoms with van der Waals surface area (Å²) in [7, 11) is 0. The Balaban J connectivity index is 2.65. The summed E-state index contributed by atoms with van der Waals surface area (Å²) < 4.78 is 7.09. The first kappa shape index (κ1) is 9.01. The molecular weight excluding hydrogens is 200 g/mol. The van der Waals surface area contributed by atoms with Gasteiger partial charge in [-0.3, -0.25) is 0 Å². The molecular formula is C8H10N4OS. The van der Waals surface area contributed by atoms with E-state index in [4.69, 9.17) is 22.5 Å². The van der Waals surface area contributed by atoms with Crippen molar-refractivity contribution in [1.29, 1.82) is 0 Å². The van der Waals surface area contributed by atoms with Gasteiger partial charge in [0.1, 0.15) is 11.5 Å². The number of aryl methyl sites for hydroxylation is 2. The highest BCUT2D eigenvalue weighted by Crippen LogP contribution is 2.23. The van der Waals surface area contributed by atoms with Gasteiger partial charge in [-0.2, -0.15) is 5.10 Å². The molecule has 0 unspecified atom stereocenters. The van der Waals surface area contributed by atoms with Crippen LogP contribution in [0.1, 0.15) is 11.5 Å². The Bertz CT molecular complexity index is 522. The fraction of sp³-hybridized carbons (Fsp3) is 0.250. The molecule has 2 aromatic rings. The van der Waals surface area contributed by atoms with Crippen molar-refractivity contribution < 1.29 is 4.42 Å². The second-order valence-corrected chi connectivity index (χ2v) is 3.44. The van der Waals surface area contributed by atoms with Gasteiger partial charge in [-0.05, 0) is 32.1 Å². The summed E-state index contributed by atoms with van der Waals surface area (Å²) >= 11 is 4.91. The number of hydrogen-bond acceptors (Lipinski definition) is 4. The average molecular weight is 210 g/mol. The Morgan fingerprint density at radius 2 is 2.29 bits per heavy atom. The third-order valence-electron chi connectivity index (χ3n) is 1.99. The van der Waals surface area contributed by atoms with Gasteiger partial charge in [0.05, 0.1) is 5.56 Å². The zero-order chi connectivity index (χ0) is 10.3. The van der Waals surface area contributed by atoms with Crippen molar-refractivity contribution in [1.82, 2.24) is 14.9 Å². The highest BCUT2D eigenvalue weighted by molar-refractivity contribution is 7.71. The summed E-state index contributed by atoms with van der Waals surface area (Å²) in [5.41, 5.74) is 0.859. The van der Waals surface area contributed by atoms with Gasteiger partial charge in [-0.25, -0.2) is 9.77 Å². The van der Waals surface area contributed by atoms with Crippen LogP contribution in [0.5, 0.6) is 0 Å². The Morgan fingerprint density at radius 3 is 2.71 bits per heavy atom. The molecule has 2 heterocycles. The highest BCUT2D eigenvalue weighted by atomic mass is 32.1. The van der Waals surface area contributed by atoms with E-state index in [0.717, 1.165) is 17.1 Å². The minimum atomic E-state index is 0.387. The zero-order valence-electron chi connectivity index (χ0n) is 7.87. The third kappa shape index (κ3) is 1.24. The molecule has 0 spiro atoms. The van der Waals surface area contributed by atoms with E-state index in [2.05, 4.69) is 10.2 Å². The van der Waals surface area contributed by atoms with E-state index in [1.54, 1.807) is 0 Å². The highest BCUT2D eigenvalue weighted by Gasteiger charge is 2.12. The number of aromatic nitrogens is 3. The summed E-state index contributed by atoms with van der Waals surface area (Å²) in [4.78, 5) is 0. The average Bonchev–Trinajstić information content (AvgIpc) is 2.59. The van der Waals surface area contributed by atoms with Crippen LogP contribution in [-0.4, -0.2) is 14.9 Å². The van der Waals surface area contributed by atoms with E-state index >= 15 is 0 Å². The fourth-order valence-electron chi connectivity index (χ4n) is 1.35. The van der Waals surface area contributed by atoms with Crippen LogP contribution in [-0.2, 0) is 0 Å². The zero-order valence-corrected chi connectivity index (χ0v) is 8.68. The molecule has 0 amide bonds. The molecule has 6 heteroatoms. The molecule has 0 radical (unpaired) electrons. The molecule has 0 saturated carbocycles. The van der Waals surface area contributed by atoms with Crippen LogP contribution in [0.2, 0.25) is 0 Å². The molecule has 0 saturated heterocycles. The topological polar surface area (TPSA) is 72.8 Å². The van der Waals surface area contributed by atoms with Gasteiger partial charge in [0, 0.05) is 0 Å². The summed E-state index contributed by atoms with van der Waals surface area (Å²) in [6.07, 6.45) is 0.